The summed E-state index contributed by atoms with van der Waals surface area (Å²) in [6.45, 7) is 2.19. The lowest BCUT2D eigenvalue weighted by atomic mass is 9.74. The van der Waals surface area contributed by atoms with E-state index in [2.05, 4.69) is 42.3 Å². The number of hydrogen-bond donors (Lipinski definition) is 2. The topological polar surface area (TPSA) is 109 Å². The van der Waals surface area contributed by atoms with E-state index in [1.807, 2.05) is 0 Å². The molecule has 2 N–H and O–H groups in total. The molecule has 1 saturated carbocycles. The molecule has 2 saturated heterocycles. The van der Waals surface area contributed by atoms with Gasteiger partial charge in [0.1, 0.15) is 17.6 Å². The molecule has 1 aromatic carbocycles. The first-order chi connectivity index (χ1) is 17.8. The molecule has 1 aliphatic carbocycles. The highest BCUT2D eigenvalue weighted by Gasteiger charge is 2.50. The van der Waals surface area contributed by atoms with Gasteiger partial charge in [-0.2, -0.15) is 4.98 Å². The Morgan fingerprint density at radius 2 is 2.00 bits per heavy atom. The summed E-state index contributed by atoms with van der Waals surface area (Å²) in [4.78, 5) is 14.3. The monoisotopic (exact) mass is 509 g/mol. The molecule has 4 atom stereocenters. The van der Waals surface area contributed by atoms with Crippen molar-refractivity contribution in [3.05, 3.63) is 36.4 Å². The number of aromatic hydroxyl groups is 1. The first-order valence-corrected chi connectivity index (χ1v) is 12.7. The minimum atomic E-state index is -0.993. The van der Waals surface area contributed by atoms with Crippen molar-refractivity contribution in [2.45, 2.75) is 75.3 Å². The van der Waals surface area contributed by atoms with Gasteiger partial charge in [0, 0.05) is 23.2 Å². The van der Waals surface area contributed by atoms with Crippen LogP contribution in [0, 0.1) is 5.82 Å². The zero-order chi connectivity index (χ0) is 25.7. The molecular formula is C26H29F2N7O2. The lowest BCUT2D eigenvalue weighted by Gasteiger charge is -2.52. The molecule has 9 nitrogen and oxygen atoms in total. The van der Waals surface area contributed by atoms with E-state index in [-0.39, 0.29) is 46.9 Å². The smallest absolute Gasteiger partial charge is 0.316 e. The number of fused-ring (bicyclic) bond motifs is 2. The maximum atomic E-state index is 15.6. The normalized spacial score (nSPS) is 27.1. The number of nitrogens with one attached hydrogen (secondary N) is 1. The summed E-state index contributed by atoms with van der Waals surface area (Å²) in [5.41, 5.74) is 0.617. The van der Waals surface area contributed by atoms with Gasteiger partial charge < -0.3 is 20.1 Å². The number of piperidine rings is 2. The number of phenols is 1. The molecule has 0 unspecified atom stereocenters. The van der Waals surface area contributed by atoms with E-state index in [0.717, 1.165) is 38.3 Å². The SMILES string of the molecule is COc1ncc(F)c(-c2ccc(-c3ncc(N(C4CC4)[C@@H]4C[C@@]5(C)CCC[C@@H](N5)[C@@H]4F)nn3)c(O)c2)n1. The molecule has 11 heteroatoms. The number of benzene rings is 1. The molecule has 0 amide bonds. The van der Waals surface area contributed by atoms with Gasteiger partial charge in [-0.25, -0.2) is 18.7 Å². The number of phenolic OH excluding ortho intramolecular Hbond substituents is 1. The van der Waals surface area contributed by atoms with Crippen LogP contribution in [-0.2, 0) is 0 Å². The highest BCUT2D eigenvalue weighted by Crippen LogP contribution is 2.42. The Hall–Kier alpha value is -3.47. The van der Waals surface area contributed by atoms with E-state index in [1.165, 1.54) is 13.2 Å². The third-order valence-electron chi connectivity index (χ3n) is 7.72. The summed E-state index contributed by atoms with van der Waals surface area (Å²) in [7, 11) is 1.39. The Morgan fingerprint density at radius 3 is 2.70 bits per heavy atom. The average molecular weight is 510 g/mol. The third-order valence-corrected chi connectivity index (χ3v) is 7.72. The van der Waals surface area contributed by atoms with Crippen molar-refractivity contribution in [3.8, 4) is 34.4 Å². The lowest BCUT2D eigenvalue weighted by molar-refractivity contribution is 0.0584. The molecule has 0 radical (unpaired) electrons. The molecule has 2 bridgehead atoms. The summed E-state index contributed by atoms with van der Waals surface area (Å²) >= 11 is 0. The number of anilines is 1. The molecule has 2 aliphatic heterocycles. The highest BCUT2D eigenvalue weighted by molar-refractivity contribution is 5.71. The Kier molecular flexibility index (Phi) is 5.89. The van der Waals surface area contributed by atoms with Crippen LogP contribution in [-0.4, -0.2) is 67.2 Å². The minimum absolute atomic E-state index is 0.00405. The van der Waals surface area contributed by atoms with Crippen molar-refractivity contribution in [3.63, 3.8) is 0 Å². The fourth-order valence-electron chi connectivity index (χ4n) is 5.81. The van der Waals surface area contributed by atoms with Crippen molar-refractivity contribution in [2.24, 2.45) is 0 Å². The van der Waals surface area contributed by atoms with Crippen LogP contribution in [0.4, 0.5) is 14.6 Å². The van der Waals surface area contributed by atoms with Gasteiger partial charge in [-0.3, -0.25) is 0 Å². The summed E-state index contributed by atoms with van der Waals surface area (Å²) in [6, 6.07) is 4.41. The predicted molar refractivity (Wildman–Crippen MR) is 132 cm³/mol. The van der Waals surface area contributed by atoms with Crippen LogP contribution < -0.4 is 15.0 Å². The maximum Gasteiger partial charge on any atom is 0.316 e. The maximum absolute atomic E-state index is 15.6. The van der Waals surface area contributed by atoms with E-state index in [0.29, 0.717) is 23.4 Å². The fraction of sp³-hybridized carbons (Fsp3) is 0.500. The molecule has 0 spiro atoms. The van der Waals surface area contributed by atoms with E-state index < -0.39 is 12.0 Å². The molecule has 6 rings (SSSR count). The number of rotatable bonds is 6. The predicted octanol–water partition coefficient (Wildman–Crippen LogP) is 3.83. The van der Waals surface area contributed by atoms with Gasteiger partial charge in [-0.1, -0.05) is 6.07 Å². The van der Waals surface area contributed by atoms with Gasteiger partial charge in [-0.05, 0) is 57.6 Å². The zero-order valence-corrected chi connectivity index (χ0v) is 20.7. The number of halogens is 2. The molecule has 4 heterocycles. The van der Waals surface area contributed by atoms with E-state index in [1.54, 1.807) is 18.3 Å². The zero-order valence-electron chi connectivity index (χ0n) is 20.7. The summed E-state index contributed by atoms with van der Waals surface area (Å²) in [5.74, 6) is -0.0209. The standard InChI is InChI=1S/C26H29F2N7O2/c1-26-9-3-4-18(32-26)22(28)19(11-26)35(15-6-7-15)21-13-29-24(34-33-21)16-8-5-14(10-20(16)36)23-17(27)12-30-25(31-23)37-2/h5,8,10,12-13,15,18-19,22,32,36H,3-4,6-7,9,11H2,1-2H3/t18-,19-,22+,26-/m1/s1. The van der Waals surface area contributed by atoms with E-state index in [9.17, 15) is 9.50 Å². The first kappa shape index (κ1) is 23.9. The number of aromatic nitrogens is 5. The van der Waals surface area contributed by atoms with Crippen molar-refractivity contribution in [1.29, 1.82) is 0 Å². The number of nitrogens with zero attached hydrogens (tertiary/aromatic N) is 6. The second-order valence-corrected chi connectivity index (χ2v) is 10.5. The number of hydrogen-bond acceptors (Lipinski definition) is 9. The molecule has 3 aliphatic rings. The van der Waals surface area contributed by atoms with Crippen LogP contribution in [0.25, 0.3) is 22.6 Å². The molecule has 194 valence electrons. The summed E-state index contributed by atoms with van der Waals surface area (Å²) in [6.07, 6.45) is 7.25. The van der Waals surface area contributed by atoms with Crippen LogP contribution in [0.3, 0.4) is 0 Å². The van der Waals surface area contributed by atoms with Gasteiger partial charge in [0.25, 0.3) is 0 Å². The van der Waals surface area contributed by atoms with Gasteiger partial charge in [0.15, 0.2) is 17.5 Å². The van der Waals surface area contributed by atoms with Crippen molar-refractivity contribution in [2.75, 3.05) is 12.0 Å². The van der Waals surface area contributed by atoms with Crippen molar-refractivity contribution >= 4 is 5.82 Å². The van der Waals surface area contributed by atoms with Crippen LogP contribution in [0.15, 0.2) is 30.6 Å². The van der Waals surface area contributed by atoms with E-state index in [4.69, 9.17) is 4.74 Å². The number of alkyl halides is 1. The second-order valence-electron chi connectivity index (χ2n) is 10.5. The third kappa shape index (κ3) is 4.45. The van der Waals surface area contributed by atoms with Crippen LogP contribution in [0.5, 0.6) is 11.8 Å². The van der Waals surface area contributed by atoms with Gasteiger partial charge >= 0.3 is 6.01 Å². The van der Waals surface area contributed by atoms with Crippen molar-refractivity contribution in [1.82, 2.24) is 30.5 Å². The Labute approximate surface area is 213 Å². The number of ether oxygens (including phenoxy) is 1. The fourth-order valence-corrected chi connectivity index (χ4v) is 5.81. The highest BCUT2D eigenvalue weighted by atomic mass is 19.1. The molecular weight excluding hydrogens is 480 g/mol. The van der Waals surface area contributed by atoms with E-state index >= 15 is 4.39 Å². The second kappa shape index (κ2) is 9.13. The Bertz CT molecular complexity index is 1310. The van der Waals surface area contributed by atoms with Crippen molar-refractivity contribution < 1.29 is 18.6 Å². The van der Waals surface area contributed by atoms with Gasteiger partial charge in [0.2, 0.25) is 0 Å². The summed E-state index contributed by atoms with van der Waals surface area (Å²) in [5, 5.41) is 22.9. The average Bonchev–Trinajstić information content (AvgIpc) is 3.73. The van der Waals surface area contributed by atoms with Gasteiger partial charge in [-0.15, -0.1) is 10.2 Å². The summed E-state index contributed by atoms with van der Waals surface area (Å²) < 4.78 is 34.9. The number of methoxy groups -OCH3 is 1. The Balaban J connectivity index is 1.27. The largest absolute Gasteiger partial charge is 0.507 e. The molecule has 3 fully saturated rings. The Morgan fingerprint density at radius 1 is 1.16 bits per heavy atom. The minimum Gasteiger partial charge on any atom is -0.507 e. The molecule has 37 heavy (non-hydrogen) atoms. The quantitative estimate of drug-likeness (QED) is 0.512. The molecule has 2 aromatic heterocycles. The molecule has 3 aromatic rings. The van der Waals surface area contributed by atoms with Crippen LogP contribution >= 0.6 is 0 Å². The van der Waals surface area contributed by atoms with Crippen LogP contribution in [0.2, 0.25) is 0 Å². The van der Waals surface area contributed by atoms with Crippen LogP contribution in [0.1, 0.15) is 45.4 Å². The van der Waals surface area contributed by atoms with Gasteiger partial charge in [0.05, 0.1) is 31.1 Å². The first-order valence-electron chi connectivity index (χ1n) is 12.7. The lowest BCUT2D eigenvalue weighted by Crippen LogP contribution is -2.67.